The van der Waals surface area contributed by atoms with Crippen LogP contribution in [0.5, 0.6) is 5.75 Å². The Labute approximate surface area is 156 Å². The van der Waals surface area contributed by atoms with Crippen molar-refractivity contribution in [3.05, 3.63) is 59.2 Å². The first-order valence-corrected chi connectivity index (χ1v) is 6.96. The number of benzene rings is 1. The molecule has 25 heavy (non-hydrogen) atoms. The number of ether oxygens (including phenoxy) is 1. The van der Waals surface area contributed by atoms with E-state index < -0.39 is 24.0 Å². The molecule has 0 unspecified atom stereocenters. The maximum atomic E-state index is 13.5. The molecule has 0 aliphatic heterocycles. The predicted octanol–water partition coefficient (Wildman–Crippen LogP) is 1.98. The molecule has 0 saturated carbocycles. The molecule has 0 aliphatic carbocycles. The summed E-state index contributed by atoms with van der Waals surface area (Å²) in [6.45, 7) is 0.000777. The Kier molecular flexibility index (Phi) is 8.09. The van der Waals surface area contributed by atoms with Crippen LogP contribution in [-0.2, 0) is 31.1 Å². The van der Waals surface area contributed by atoms with Gasteiger partial charge in [0.15, 0.2) is 5.82 Å². The van der Waals surface area contributed by atoms with Crippen LogP contribution in [-0.4, -0.2) is 24.3 Å². The summed E-state index contributed by atoms with van der Waals surface area (Å²) in [5.41, 5.74) is -0.373. The summed E-state index contributed by atoms with van der Waals surface area (Å²) in [6, 6.07) is 8.67. The molecule has 134 valence electrons. The molecule has 1 heterocycles. The smallest absolute Gasteiger partial charge is 0.554 e. The second-order valence-corrected chi connectivity index (χ2v) is 4.68. The van der Waals surface area contributed by atoms with E-state index >= 15 is 0 Å². The van der Waals surface area contributed by atoms with Gasteiger partial charge >= 0.3 is 19.8 Å². The number of methoxy groups -OCH3 is 1. The standard InChI is InChI=1S/C16H15F2N3O3.Os/c1-24-13-4-2-11(3-5-13)19-9-15(22)20-12-8-14(18)16(23)21(10-12)7-6-17;/h2,4-5,8-10,19H,6-7H2,1H3,(H,20,22);/q-2;+2. The van der Waals surface area contributed by atoms with E-state index in [0.29, 0.717) is 11.4 Å². The van der Waals surface area contributed by atoms with Gasteiger partial charge in [0.05, 0.1) is 19.3 Å². The van der Waals surface area contributed by atoms with Crippen molar-refractivity contribution in [2.75, 3.05) is 24.4 Å². The Morgan fingerprint density at radius 3 is 2.80 bits per heavy atom. The van der Waals surface area contributed by atoms with Gasteiger partial charge in [-0.15, -0.1) is 23.9 Å². The first-order valence-electron chi connectivity index (χ1n) is 6.96. The van der Waals surface area contributed by atoms with Crippen LogP contribution in [0.25, 0.3) is 0 Å². The molecule has 0 saturated heterocycles. The molecule has 1 aromatic carbocycles. The summed E-state index contributed by atoms with van der Waals surface area (Å²) in [5.74, 6) is -1.03. The number of halogens is 2. The van der Waals surface area contributed by atoms with Crippen LogP contribution in [0.3, 0.4) is 0 Å². The molecule has 9 heteroatoms. The summed E-state index contributed by atoms with van der Waals surface area (Å²) >= 11 is 0. The number of rotatable bonds is 7. The van der Waals surface area contributed by atoms with E-state index in [9.17, 15) is 18.4 Å². The van der Waals surface area contributed by atoms with Crippen LogP contribution < -0.4 is 20.9 Å². The van der Waals surface area contributed by atoms with E-state index in [1.54, 1.807) is 18.2 Å². The molecule has 1 aromatic heterocycles. The molecule has 0 spiro atoms. The molecule has 6 nitrogen and oxygen atoms in total. The monoisotopic (exact) mass is 527 g/mol. The van der Waals surface area contributed by atoms with Gasteiger partial charge in [0.25, 0.3) is 5.56 Å². The van der Waals surface area contributed by atoms with Gasteiger partial charge in [-0.05, 0) is 0 Å². The number of alkyl halides is 1. The van der Waals surface area contributed by atoms with Gasteiger partial charge in [-0.3, -0.25) is 4.79 Å². The molecule has 2 rings (SSSR count). The Hall–Kier alpha value is -2.39. The summed E-state index contributed by atoms with van der Waals surface area (Å²) < 4.78 is 31.7. The number of pyridine rings is 1. The second-order valence-electron chi connectivity index (χ2n) is 4.68. The largest absolute Gasteiger partial charge is 2.00 e. The zero-order chi connectivity index (χ0) is 17.5. The van der Waals surface area contributed by atoms with Crippen LogP contribution in [0, 0.1) is 18.4 Å². The van der Waals surface area contributed by atoms with Crippen LogP contribution in [0.4, 0.5) is 20.2 Å². The molecular formula is C16H15F2N3O3Os. The number of hydrogen-bond donors (Lipinski definition) is 2. The van der Waals surface area contributed by atoms with Crippen LogP contribution in [0.1, 0.15) is 0 Å². The summed E-state index contributed by atoms with van der Waals surface area (Å²) in [6.07, 6.45) is 1.18. The van der Waals surface area contributed by atoms with Gasteiger partial charge in [0, 0.05) is 18.0 Å². The van der Waals surface area contributed by atoms with Gasteiger partial charge < -0.3 is 24.7 Å². The van der Waals surface area contributed by atoms with Gasteiger partial charge in [0.2, 0.25) is 0 Å². The number of amides is 1. The Morgan fingerprint density at radius 2 is 2.20 bits per heavy atom. The average Bonchev–Trinajstić information content (AvgIpc) is 2.58. The van der Waals surface area contributed by atoms with E-state index in [1.807, 2.05) is 0 Å². The maximum Gasteiger partial charge on any atom is 2.00 e. The van der Waals surface area contributed by atoms with Crippen molar-refractivity contribution >= 4 is 17.3 Å². The van der Waals surface area contributed by atoms with E-state index in [0.717, 1.165) is 17.2 Å². The molecule has 0 aliphatic rings. The SMILES string of the molecule is COc1c[c-]c(N[CH-]C(=O)Nc2cc(F)c(=O)n(CCF)c2)cc1.[Os+2]. The zero-order valence-electron chi connectivity index (χ0n) is 13.2. The Morgan fingerprint density at radius 1 is 1.44 bits per heavy atom. The minimum absolute atomic E-state index is 0. The third-order valence-electron chi connectivity index (χ3n) is 3.01. The summed E-state index contributed by atoms with van der Waals surface area (Å²) in [7, 11) is 1.53. The quantitative estimate of drug-likeness (QED) is 0.543. The van der Waals surface area contributed by atoms with Gasteiger partial charge in [-0.25, -0.2) is 15.3 Å². The van der Waals surface area contributed by atoms with Crippen molar-refractivity contribution in [1.82, 2.24) is 4.57 Å². The third kappa shape index (κ3) is 5.87. The molecule has 2 aromatic rings. The number of hydrogen-bond acceptors (Lipinski definition) is 4. The number of nitrogens with one attached hydrogen (secondary N) is 2. The van der Waals surface area contributed by atoms with Crippen LogP contribution in [0.15, 0.2) is 35.3 Å². The minimum atomic E-state index is -1.07. The molecule has 0 atom stereocenters. The summed E-state index contributed by atoms with van der Waals surface area (Å²) in [5, 5.41) is 5.10. The van der Waals surface area contributed by atoms with Crippen molar-refractivity contribution in [2.24, 2.45) is 0 Å². The Bertz CT molecular complexity index is 766. The normalized spacial score (nSPS) is 9.72. The molecule has 2 N–H and O–H groups in total. The van der Waals surface area contributed by atoms with Crippen LogP contribution >= 0.6 is 0 Å². The van der Waals surface area contributed by atoms with Crippen molar-refractivity contribution in [1.29, 1.82) is 0 Å². The number of anilines is 2. The third-order valence-corrected chi connectivity index (χ3v) is 3.01. The van der Waals surface area contributed by atoms with E-state index in [2.05, 4.69) is 16.7 Å². The number of nitrogens with zero attached hydrogens (tertiary/aromatic N) is 1. The predicted molar refractivity (Wildman–Crippen MR) is 85.0 cm³/mol. The topological polar surface area (TPSA) is 72.4 Å². The maximum absolute atomic E-state index is 13.5. The van der Waals surface area contributed by atoms with E-state index in [-0.39, 0.29) is 32.0 Å². The molecular weight excluding hydrogens is 510 g/mol. The van der Waals surface area contributed by atoms with Gasteiger partial charge in [-0.1, -0.05) is 0 Å². The first-order chi connectivity index (χ1) is 11.5. The van der Waals surface area contributed by atoms with Gasteiger partial charge in [-0.2, -0.15) is 6.07 Å². The molecule has 1 amide bonds. The fourth-order valence-corrected chi connectivity index (χ4v) is 1.87. The summed E-state index contributed by atoms with van der Waals surface area (Å²) in [4.78, 5) is 23.3. The average molecular weight is 526 g/mol. The second kappa shape index (κ2) is 9.79. The van der Waals surface area contributed by atoms with Gasteiger partial charge in [0.1, 0.15) is 12.6 Å². The number of aromatic nitrogens is 1. The molecule has 0 fully saturated rings. The molecule has 0 radical (unpaired) electrons. The fraction of sp³-hybridized carbons (Fsp3) is 0.188. The minimum Gasteiger partial charge on any atom is -0.554 e. The zero-order valence-corrected chi connectivity index (χ0v) is 15.7. The van der Waals surface area contributed by atoms with Crippen LogP contribution in [0.2, 0.25) is 0 Å². The first kappa shape index (κ1) is 20.7. The van der Waals surface area contributed by atoms with E-state index in [4.69, 9.17) is 4.74 Å². The fourth-order valence-electron chi connectivity index (χ4n) is 1.87. The Balaban J connectivity index is 0.00000312. The van der Waals surface area contributed by atoms with Crippen molar-refractivity contribution < 1.29 is 38.1 Å². The number of aryl methyl sites for hydroxylation is 1. The number of carbonyl (C=O) groups is 1. The van der Waals surface area contributed by atoms with Crippen molar-refractivity contribution in [3.63, 3.8) is 0 Å². The number of carbonyl (C=O) groups excluding carboxylic acids is 1. The van der Waals surface area contributed by atoms with E-state index in [1.165, 1.54) is 13.3 Å². The van der Waals surface area contributed by atoms with Crippen molar-refractivity contribution in [2.45, 2.75) is 6.54 Å². The van der Waals surface area contributed by atoms with Crippen molar-refractivity contribution in [3.8, 4) is 5.75 Å². The molecule has 0 bridgehead atoms.